The van der Waals surface area contributed by atoms with E-state index in [0.29, 0.717) is 24.0 Å². The molecule has 1 amide bonds. The predicted octanol–water partition coefficient (Wildman–Crippen LogP) is 5.34. The molecule has 0 saturated heterocycles. The Morgan fingerprint density at radius 2 is 2.00 bits per heavy atom. The van der Waals surface area contributed by atoms with Gasteiger partial charge in [0, 0.05) is 36.2 Å². The first-order valence-corrected chi connectivity index (χ1v) is 12.0. The number of hydrogen-bond donors (Lipinski definition) is 3. The molecule has 1 heterocycles. The fourth-order valence-corrected chi connectivity index (χ4v) is 3.59. The van der Waals surface area contributed by atoms with Gasteiger partial charge in [-0.05, 0) is 79.6 Å². The first-order chi connectivity index (χ1) is 16.5. The summed E-state index contributed by atoms with van der Waals surface area (Å²) in [6.45, 7) is 7.84. The van der Waals surface area contributed by atoms with Crippen molar-refractivity contribution in [3.63, 3.8) is 0 Å². The van der Waals surface area contributed by atoms with Crippen LogP contribution in [-0.4, -0.2) is 36.4 Å². The monoisotopic (exact) mass is 461 g/mol. The second-order valence-electron chi connectivity index (χ2n) is 8.74. The van der Waals surface area contributed by atoms with Crippen molar-refractivity contribution < 1.29 is 9.90 Å². The number of guanidine groups is 1. The molecule has 3 N–H and O–H groups in total. The third-order valence-electron chi connectivity index (χ3n) is 5.49. The Bertz CT molecular complexity index is 1040. The molecule has 0 atom stereocenters. The molecular weight excluding hydrogens is 426 g/mol. The first kappa shape index (κ1) is 25.0. The Kier molecular flexibility index (Phi) is 9.26. The Hall–Kier alpha value is -3.61. The number of benzene rings is 2. The number of fused-ring (bicyclic) bond motifs is 1. The Balaban J connectivity index is 1.70. The fourth-order valence-electron chi connectivity index (χ4n) is 3.59. The number of hydrogen-bond acceptors (Lipinski definition) is 3. The van der Waals surface area contributed by atoms with E-state index in [-0.39, 0.29) is 11.7 Å². The molecule has 0 fully saturated rings. The number of allylic oxidation sites excluding steroid dienone is 1. The summed E-state index contributed by atoms with van der Waals surface area (Å²) in [5.74, 6) is 1.21. The van der Waals surface area contributed by atoms with Crippen molar-refractivity contribution in [2.24, 2.45) is 15.9 Å². The molecule has 0 aromatic heterocycles. The maximum atomic E-state index is 12.3. The summed E-state index contributed by atoms with van der Waals surface area (Å²) in [6, 6.07) is 12.7. The van der Waals surface area contributed by atoms with Gasteiger partial charge in [-0.3, -0.25) is 4.79 Å². The summed E-state index contributed by atoms with van der Waals surface area (Å²) in [5, 5.41) is 16.0. The van der Waals surface area contributed by atoms with Gasteiger partial charge < -0.3 is 20.6 Å². The summed E-state index contributed by atoms with van der Waals surface area (Å²) in [6.07, 6.45) is 9.22. The quantitative estimate of drug-likeness (QED) is 0.366. The lowest BCUT2D eigenvalue weighted by Crippen LogP contribution is -2.28. The Morgan fingerprint density at radius 1 is 1.21 bits per heavy atom. The standard InChI is InChI=1S/C27H35N5O2/c1-4-5-15-29-27(30-19-32-17-6-7-22-18-24(33)12-13-25(22)32)31-23-10-8-21(9-11-23)26(34)28-16-14-20(2)3/h5,8-13,15,18-20,33H,4,6-7,14,16-17H2,1-3H3,(H,28,34)(H,29,31)/b15-5-,30-19?. The number of nitrogens with zero attached hydrogens (tertiary/aromatic N) is 3. The number of anilines is 2. The van der Waals surface area contributed by atoms with Crippen LogP contribution in [0.15, 0.2) is 64.7 Å². The molecule has 0 saturated carbocycles. The summed E-state index contributed by atoms with van der Waals surface area (Å²) in [5.41, 5.74) is 3.57. The summed E-state index contributed by atoms with van der Waals surface area (Å²) in [4.78, 5) is 23.5. The third kappa shape index (κ3) is 7.47. The molecule has 1 aliphatic rings. The highest BCUT2D eigenvalue weighted by Crippen LogP contribution is 2.29. The van der Waals surface area contributed by atoms with Gasteiger partial charge >= 0.3 is 0 Å². The highest BCUT2D eigenvalue weighted by atomic mass is 16.3. The van der Waals surface area contributed by atoms with E-state index < -0.39 is 0 Å². The minimum atomic E-state index is -0.0696. The minimum Gasteiger partial charge on any atom is -0.508 e. The van der Waals surface area contributed by atoms with E-state index in [2.05, 4.69) is 39.4 Å². The molecule has 0 bridgehead atoms. The molecule has 1 aliphatic heterocycles. The number of phenolic OH excluding ortho intramolecular Hbond substituents is 1. The van der Waals surface area contributed by atoms with Crippen molar-refractivity contribution in [3.8, 4) is 5.75 Å². The minimum absolute atomic E-state index is 0.0696. The van der Waals surface area contributed by atoms with Crippen LogP contribution in [0.4, 0.5) is 11.4 Å². The van der Waals surface area contributed by atoms with Crippen molar-refractivity contribution in [1.82, 2.24) is 5.32 Å². The number of aryl methyl sites for hydroxylation is 1. The summed E-state index contributed by atoms with van der Waals surface area (Å²) < 4.78 is 0. The van der Waals surface area contributed by atoms with Gasteiger partial charge in [-0.2, -0.15) is 0 Å². The van der Waals surface area contributed by atoms with E-state index in [4.69, 9.17) is 0 Å². The largest absolute Gasteiger partial charge is 0.508 e. The predicted molar refractivity (Wildman–Crippen MR) is 141 cm³/mol. The average Bonchev–Trinajstić information content (AvgIpc) is 2.82. The van der Waals surface area contributed by atoms with Crippen LogP contribution in [0.3, 0.4) is 0 Å². The van der Waals surface area contributed by atoms with E-state index in [1.54, 1.807) is 30.7 Å². The maximum absolute atomic E-state index is 12.3. The van der Waals surface area contributed by atoms with E-state index in [0.717, 1.165) is 49.2 Å². The number of amides is 1. The topological polar surface area (TPSA) is 89.3 Å². The van der Waals surface area contributed by atoms with Gasteiger partial charge in [0.25, 0.3) is 5.91 Å². The number of carbonyl (C=O) groups is 1. The van der Waals surface area contributed by atoms with Crippen LogP contribution in [0.5, 0.6) is 5.75 Å². The number of rotatable bonds is 8. The lowest BCUT2D eigenvalue weighted by atomic mass is 10.0. The van der Waals surface area contributed by atoms with Gasteiger partial charge in [0.2, 0.25) is 5.96 Å². The van der Waals surface area contributed by atoms with Crippen LogP contribution < -0.4 is 15.5 Å². The highest BCUT2D eigenvalue weighted by molar-refractivity contribution is 6.01. The van der Waals surface area contributed by atoms with Gasteiger partial charge in [-0.25, -0.2) is 9.98 Å². The van der Waals surface area contributed by atoms with Crippen LogP contribution in [0, 0.1) is 5.92 Å². The molecule has 2 aromatic rings. The van der Waals surface area contributed by atoms with Gasteiger partial charge in [0.1, 0.15) is 5.75 Å². The number of phenols is 1. The molecule has 7 nitrogen and oxygen atoms in total. The van der Waals surface area contributed by atoms with Crippen molar-refractivity contribution in [2.75, 3.05) is 23.3 Å². The molecule has 3 rings (SSSR count). The van der Waals surface area contributed by atoms with Gasteiger partial charge in [-0.1, -0.05) is 26.8 Å². The maximum Gasteiger partial charge on any atom is 0.251 e. The molecule has 7 heteroatoms. The lowest BCUT2D eigenvalue weighted by molar-refractivity contribution is 0.0952. The zero-order valence-electron chi connectivity index (χ0n) is 20.3. The molecule has 0 spiro atoms. The fraction of sp³-hybridized carbons (Fsp3) is 0.370. The molecule has 0 unspecified atom stereocenters. The van der Waals surface area contributed by atoms with Crippen molar-refractivity contribution in [1.29, 1.82) is 0 Å². The normalized spacial score (nSPS) is 14.1. The van der Waals surface area contributed by atoms with E-state index in [9.17, 15) is 9.90 Å². The average molecular weight is 462 g/mol. The zero-order valence-corrected chi connectivity index (χ0v) is 20.3. The first-order valence-electron chi connectivity index (χ1n) is 12.0. The van der Waals surface area contributed by atoms with Gasteiger partial charge in [-0.15, -0.1) is 0 Å². The highest BCUT2D eigenvalue weighted by Gasteiger charge is 2.16. The Labute approximate surface area is 202 Å². The smallest absolute Gasteiger partial charge is 0.251 e. The lowest BCUT2D eigenvalue weighted by Gasteiger charge is -2.27. The number of aromatic hydroxyl groups is 1. The Morgan fingerprint density at radius 3 is 2.74 bits per heavy atom. The molecule has 0 aliphatic carbocycles. The number of carbonyl (C=O) groups excluding carboxylic acids is 1. The van der Waals surface area contributed by atoms with E-state index in [1.807, 2.05) is 37.3 Å². The summed E-state index contributed by atoms with van der Waals surface area (Å²) >= 11 is 0. The van der Waals surface area contributed by atoms with Crippen molar-refractivity contribution >= 4 is 29.6 Å². The van der Waals surface area contributed by atoms with Crippen LogP contribution in [-0.2, 0) is 6.42 Å². The van der Waals surface area contributed by atoms with Gasteiger partial charge in [0.05, 0.1) is 6.34 Å². The van der Waals surface area contributed by atoms with Crippen LogP contribution in [0.25, 0.3) is 0 Å². The second-order valence-corrected chi connectivity index (χ2v) is 8.74. The van der Waals surface area contributed by atoms with E-state index >= 15 is 0 Å². The van der Waals surface area contributed by atoms with Crippen LogP contribution >= 0.6 is 0 Å². The SMILES string of the molecule is CC/C=C\N=C(N=CN1CCCc2cc(O)ccc21)Nc1ccc(C(=O)NCCC(C)C)cc1. The van der Waals surface area contributed by atoms with Crippen molar-refractivity contribution in [3.05, 3.63) is 65.9 Å². The number of nitrogens with one attached hydrogen (secondary N) is 2. The molecule has 2 aromatic carbocycles. The van der Waals surface area contributed by atoms with Crippen LogP contribution in [0.2, 0.25) is 0 Å². The van der Waals surface area contributed by atoms with Gasteiger partial charge in [0.15, 0.2) is 0 Å². The zero-order chi connectivity index (χ0) is 24.3. The molecule has 180 valence electrons. The number of aliphatic imine (C=N–C) groups is 2. The second kappa shape index (κ2) is 12.6. The summed E-state index contributed by atoms with van der Waals surface area (Å²) in [7, 11) is 0. The van der Waals surface area contributed by atoms with Crippen molar-refractivity contribution in [2.45, 2.75) is 46.5 Å². The molecule has 34 heavy (non-hydrogen) atoms. The molecular formula is C27H35N5O2. The third-order valence-corrected chi connectivity index (χ3v) is 5.49. The van der Waals surface area contributed by atoms with E-state index in [1.165, 1.54) is 0 Å². The molecule has 0 radical (unpaired) electrons. The van der Waals surface area contributed by atoms with Crippen LogP contribution in [0.1, 0.15) is 56.0 Å².